The highest BCUT2D eigenvalue weighted by Gasteiger charge is 2.11. The Labute approximate surface area is 96.5 Å². The lowest BCUT2D eigenvalue weighted by atomic mass is 10.1. The molecule has 16 heavy (non-hydrogen) atoms. The van der Waals surface area contributed by atoms with Crippen molar-refractivity contribution in [2.75, 3.05) is 0 Å². The molecular weight excluding hydrogens is 231 g/mol. The number of Topliss-reactive ketones (excluding diaryl/α,β-unsaturated/α-hetero) is 1. The number of carbonyl (C=O) groups excluding carboxylic acids is 1. The quantitative estimate of drug-likeness (QED) is 0.754. The van der Waals surface area contributed by atoms with Gasteiger partial charge in [0.05, 0.1) is 16.9 Å². The van der Waals surface area contributed by atoms with E-state index in [0.29, 0.717) is 10.7 Å². The van der Waals surface area contributed by atoms with Crippen LogP contribution < -0.4 is 0 Å². The third-order valence-electron chi connectivity index (χ3n) is 2.14. The average Bonchev–Trinajstić information content (AvgIpc) is 2.64. The molecule has 2 rings (SSSR count). The van der Waals surface area contributed by atoms with Crippen LogP contribution in [0.2, 0.25) is 5.02 Å². The average molecular weight is 239 g/mol. The molecule has 0 amide bonds. The fourth-order valence-corrected chi connectivity index (χ4v) is 1.56. The number of aromatic nitrogens is 2. The van der Waals surface area contributed by atoms with Crippen molar-refractivity contribution in [3.05, 3.63) is 47.0 Å². The summed E-state index contributed by atoms with van der Waals surface area (Å²) in [5, 5.41) is 4.43. The number of hydrogen-bond acceptors (Lipinski definition) is 2. The van der Waals surface area contributed by atoms with Crippen LogP contribution in [0.5, 0.6) is 0 Å². The van der Waals surface area contributed by atoms with Gasteiger partial charge in [-0.05, 0) is 25.1 Å². The van der Waals surface area contributed by atoms with Gasteiger partial charge in [-0.3, -0.25) is 4.79 Å². The van der Waals surface area contributed by atoms with Gasteiger partial charge >= 0.3 is 0 Å². The van der Waals surface area contributed by atoms with E-state index in [9.17, 15) is 9.18 Å². The molecule has 5 heteroatoms. The molecule has 0 atom stereocenters. The Morgan fingerprint density at radius 1 is 1.50 bits per heavy atom. The van der Waals surface area contributed by atoms with Crippen molar-refractivity contribution in [2.45, 2.75) is 6.92 Å². The fraction of sp³-hybridized carbons (Fsp3) is 0.0909. The molecule has 0 saturated carbocycles. The maximum atomic E-state index is 13.0. The molecule has 0 aliphatic heterocycles. The summed E-state index contributed by atoms with van der Waals surface area (Å²) < 4.78 is 14.5. The van der Waals surface area contributed by atoms with Crippen LogP contribution in [-0.4, -0.2) is 15.6 Å². The molecule has 1 heterocycles. The molecule has 0 N–H and O–H groups in total. The first-order valence-electron chi connectivity index (χ1n) is 4.59. The summed E-state index contributed by atoms with van der Waals surface area (Å²) in [6.45, 7) is 1.38. The predicted octanol–water partition coefficient (Wildman–Crippen LogP) is 2.87. The SMILES string of the molecule is CC(=O)c1cc(F)ccc1-n1cc(Cl)cn1. The van der Waals surface area contributed by atoms with Crippen LogP contribution in [0.25, 0.3) is 5.69 Å². The summed E-state index contributed by atoms with van der Waals surface area (Å²) in [5.41, 5.74) is 0.792. The monoisotopic (exact) mass is 238 g/mol. The number of carbonyl (C=O) groups is 1. The summed E-state index contributed by atoms with van der Waals surface area (Å²) in [5.74, 6) is -0.673. The first-order chi connectivity index (χ1) is 7.58. The van der Waals surface area contributed by atoms with Crippen LogP contribution in [0.1, 0.15) is 17.3 Å². The standard InChI is InChI=1S/C11H8ClFN2O/c1-7(16)10-4-9(13)2-3-11(10)15-6-8(12)5-14-15/h2-6H,1H3. The maximum absolute atomic E-state index is 13.0. The molecule has 0 radical (unpaired) electrons. The van der Waals surface area contributed by atoms with Gasteiger partial charge in [-0.25, -0.2) is 9.07 Å². The fourth-order valence-electron chi connectivity index (χ4n) is 1.42. The number of nitrogens with zero attached hydrogens (tertiary/aromatic N) is 2. The molecule has 0 aliphatic rings. The molecule has 82 valence electrons. The van der Waals surface area contributed by atoms with Crippen LogP contribution in [0.3, 0.4) is 0 Å². The molecule has 0 bridgehead atoms. The molecule has 0 unspecified atom stereocenters. The molecule has 3 nitrogen and oxygen atoms in total. The van der Waals surface area contributed by atoms with E-state index in [1.54, 1.807) is 6.20 Å². The Kier molecular flexibility index (Phi) is 2.75. The van der Waals surface area contributed by atoms with Gasteiger partial charge in [-0.15, -0.1) is 0 Å². The van der Waals surface area contributed by atoms with E-state index >= 15 is 0 Å². The minimum Gasteiger partial charge on any atom is -0.294 e. The van der Waals surface area contributed by atoms with Crippen molar-refractivity contribution < 1.29 is 9.18 Å². The lowest BCUT2D eigenvalue weighted by Crippen LogP contribution is -2.04. The Balaban J connectivity index is 2.60. The molecule has 0 fully saturated rings. The first kappa shape index (κ1) is 10.8. The summed E-state index contributed by atoms with van der Waals surface area (Å²) in [6.07, 6.45) is 3.01. The largest absolute Gasteiger partial charge is 0.294 e. The highest BCUT2D eigenvalue weighted by atomic mass is 35.5. The van der Waals surface area contributed by atoms with E-state index in [-0.39, 0.29) is 11.3 Å². The van der Waals surface area contributed by atoms with Gasteiger partial charge in [0.15, 0.2) is 5.78 Å². The van der Waals surface area contributed by atoms with Gasteiger partial charge in [0.1, 0.15) is 5.82 Å². The van der Waals surface area contributed by atoms with Crippen molar-refractivity contribution in [3.63, 3.8) is 0 Å². The zero-order chi connectivity index (χ0) is 11.7. The van der Waals surface area contributed by atoms with E-state index in [1.165, 1.54) is 36.0 Å². The van der Waals surface area contributed by atoms with Crippen LogP contribution in [0.15, 0.2) is 30.6 Å². The van der Waals surface area contributed by atoms with Crippen molar-refractivity contribution in [1.82, 2.24) is 9.78 Å². The van der Waals surface area contributed by atoms with Crippen LogP contribution in [0.4, 0.5) is 4.39 Å². The third-order valence-corrected chi connectivity index (χ3v) is 2.33. The highest BCUT2D eigenvalue weighted by Crippen LogP contribution is 2.18. The van der Waals surface area contributed by atoms with Gasteiger partial charge in [-0.1, -0.05) is 11.6 Å². The second-order valence-electron chi connectivity index (χ2n) is 3.32. The van der Waals surface area contributed by atoms with Gasteiger partial charge < -0.3 is 0 Å². The normalized spacial score (nSPS) is 10.4. The number of hydrogen-bond donors (Lipinski definition) is 0. The summed E-state index contributed by atoms with van der Waals surface area (Å²) in [4.78, 5) is 11.4. The van der Waals surface area contributed by atoms with Crippen LogP contribution >= 0.6 is 11.6 Å². The van der Waals surface area contributed by atoms with Crippen molar-refractivity contribution in [1.29, 1.82) is 0 Å². The third kappa shape index (κ3) is 1.97. The van der Waals surface area contributed by atoms with Crippen LogP contribution in [0, 0.1) is 5.82 Å². The van der Waals surface area contributed by atoms with Crippen LogP contribution in [-0.2, 0) is 0 Å². The molecule has 0 saturated heterocycles. The summed E-state index contributed by atoms with van der Waals surface area (Å²) in [7, 11) is 0. The van der Waals surface area contributed by atoms with Crippen molar-refractivity contribution in [3.8, 4) is 5.69 Å². The van der Waals surface area contributed by atoms with Gasteiger partial charge in [0.2, 0.25) is 0 Å². The van der Waals surface area contributed by atoms with Gasteiger partial charge in [-0.2, -0.15) is 5.10 Å². The Bertz CT molecular complexity index is 551. The molecule has 1 aromatic carbocycles. The van der Waals surface area contributed by atoms with E-state index in [4.69, 9.17) is 11.6 Å². The van der Waals surface area contributed by atoms with E-state index in [2.05, 4.69) is 5.10 Å². The summed E-state index contributed by atoms with van der Waals surface area (Å²) in [6, 6.07) is 3.96. The highest BCUT2D eigenvalue weighted by molar-refractivity contribution is 6.30. The Hall–Kier alpha value is -1.68. The lowest BCUT2D eigenvalue weighted by Gasteiger charge is -2.06. The topological polar surface area (TPSA) is 34.9 Å². The van der Waals surface area contributed by atoms with Gasteiger partial charge in [0, 0.05) is 11.8 Å². The first-order valence-corrected chi connectivity index (χ1v) is 4.97. The second kappa shape index (κ2) is 4.06. The predicted molar refractivity (Wildman–Crippen MR) is 58.5 cm³/mol. The van der Waals surface area contributed by atoms with Crippen molar-refractivity contribution >= 4 is 17.4 Å². The summed E-state index contributed by atoms with van der Waals surface area (Å²) >= 11 is 5.73. The Morgan fingerprint density at radius 2 is 2.25 bits per heavy atom. The zero-order valence-corrected chi connectivity index (χ0v) is 9.20. The minimum atomic E-state index is -0.452. The van der Waals surface area contributed by atoms with E-state index in [0.717, 1.165) is 0 Å². The molecule has 0 spiro atoms. The smallest absolute Gasteiger partial charge is 0.162 e. The number of ketones is 1. The number of benzene rings is 1. The number of halogens is 2. The molecule has 0 aliphatic carbocycles. The van der Waals surface area contributed by atoms with E-state index in [1.807, 2.05) is 0 Å². The van der Waals surface area contributed by atoms with Gasteiger partial charge in [0.25, 0.3) is 0 Å². The van der Waals surface area contributed by atoms with E-state index < -0.39 is 5.82 Å². The minimum absolute atomic E-state index is 0.221. The second-order valence-corrected chi connectivity index (χ2v) is 3.76. The lowest BCUT2D eigenvalue weighted by molar-refractivity contribution is 0.101. The maximum Gasteiger partial charge on any atom is 0.162 e. The van der Waals surface area contributed by atoms with Crippen molar-refractivity contribution in [2.24, 2.45) is 0 Å². The molecule has 1 aromatic heterocycles. The zero-order valence-electron chi connectivity index (χ0n) is 8.45. The Morgan fingerprint density at radius 3 is 2.81 bits per heavy atom. The number of rotatable bonds is 2. The molecule has 2 aromatic rings. The molecular formula is C11H8ClFN2O.